The molecular formula is C13H25NO2. The molecule has 2 saturated heterocycles. The van der Waals surface area contributed by atoms with Crippen molar-refractivity contribution in [1.29, 1.82) is 0 Å². The lowest BCUT2D eigenvalue weighted by Gasteiger charge is -2.34. The van der Waals surface area contributed by atoms with Crippen molar-refractivity contribution in [2.75, 3.05) is 19.8 Å². The average molecular weight is 227 g/mol. The number of hydrogen-bond donors (Lipinski definition) is 1. The first-order valence-corrected chi connectivity index (χ1v) is 6.48. The summed E-state index contributed by atoms with van der Waals surface area (Å²) in [5.74, 6) is 0. The Bertz CT molecular complexity index is 249. The molecule has 0 radical (unpaired) electrons. The third-order valence-corrected chi connectivity index (χ3v) is 4.04. The van der Waals surface area contributed by atoms with Gasteiger partial charge in [0.05, 0.1) is 18.8 Å². The lowest BCUT2D eigenvalue weighted by Crippen LogP contribution is -2.47. The van der Waals surface area contributed by atoms with Gasteiger partial charge in [-0.25, -0.2) is 0 Å². The molecule has 0 aromatic rings. The summed E-state index contributed by atoms with van der Waals surface area (Å²) < 4.78 is 5.89. The van der Waals surface area contributed by atoms with Crippen molar-refractivity contribution in [2.45, 2.75) is 63.6 Å². The minimum absolute atomic E-state index is 0.0514. The molecule has 0 amide bonds. The van der Waals surface area contributed by atoms with Crippen molar-refractivity contribution in [3.05, 3.63) is 0 Å². The highest BCUT2D eigenvalue weighted by molar-refractivity contribution is 5.04. The molecular weight excluding hydrogens is 202 g/mol. The van der Waals surface area contributed by atoms with Crippen LogP contribution in [0, 0.1) is 0 Å². The molecule has 0 spiro atoms. The topological polar surface area (TPSA) is 32.7 Å². The van der Waals surface area contributed by atoms with Crippen molar-refractivity contribution in [1.82, 2.24) is 4.90 Å². The third kappa shape index (κ3) is 2.27. The van der Waals surface area contributed by atoms with E-state index in [1.807, 2.05) is 0 Å². The van der Waals surface area contributed by atoms with Gasteiger partial charge >= 0.3 is 0 Å². The zero-order chi connectivity index (χ0) is 11.8. The number of aliphatic hydroxyl groups is 1. The number of fused-ring (bicyclic) bond motifs is 1. The number of ether oxygens (including phenoxy) is 1. The molecule has 0 bridgehead atoms. The number of rotatable bonds is 3. The van der Waals surface area contributed by atoms with Gasteiger partial charge < -0.3 is 9.84 Å². The van der Waals surface area contributed by atoms with Crippen LogP contribution in [-0.2, 0) is 4.74 Å². The van der Waals surface area contributed by atoms with Crippen molar-refractivity contribution in [3.63, 3.8) is 0 Å². The van der Waals surface area contributed by atoms with Gasteiger partial charge in [0.25, 0.3) is 0 Å². The second-order valence-corrected chi connectivity index (χ2v) is 6.30. The lowest BCUT2D eigenvalue weighted by atomic mass is 9.95. The molecule has 2 atom stereocenters. The van der Waals surface area contributed by atoms with Crippen LogP contribution in [0.15, 0.2) is 0 Å². The summed E-state index contributed by atoms with van der Waals surface area (Å²) in [7, 11) is 0. The summed E-state index contributed by atoms with van der Waals surface area (Å²) in [5.41, 5.74) is 0.0517. The van der Waals surface area contributed by atoms with E-state index >= 15 is 0 Å². The highest BCUT2D eigenvalue weighted by Gasteiger charge is 2.48. The van der Waals surface area contributed by atoms with E-state index in [0.29, 0.717) is 12.6 Å². The molecule has 1 N–H and O–H groups in total. The van der Waals surface area contributed by atoms with E-state index in [2.05, 4.69) is 25.7 Å². The van der Waals surface area contributed by atoms with Crippen LogP contribution in [0.1, 0.15) is 46.5 Å². The summed E-state index contributed by atoms with van der Waals surface area (Å²) in [6, 6.07) is 0.522. The van der Waals surface area contributed by atoms with E-state index in [1.54, 1.807) is 0 Å². The maximum absolute atomic E-state index is 9.59. The molecule has 2 aliphatic heterocycles. The van der Waals surface area contributed by atoms with Gasteiger partial charge in [0.15, 0.2) is 0 Å². The Labute approximate surface area is 98.8 Å². The summed E-state index contributed by atoms with van der Waals surface area (Å²) >= 11 is 0. The minimum Gasteiger partial charge on any atom is -0.394 e. The normalized spacial score (nSPS) is 35.6. The first-order valence-electron chi connectivity index (χ1n) is 6.48. The molecule has 94 valence electrons. The first-order chi connectivity index (χ1) is 7.47. The fourth-order valence-corrected chi connectivity index (χ4v) is 3.16. The van der Waals surface area contributed by atoms with Gasteiger partial charge in [-0.2, -0.15) is 0 Å². The van der Waals surface area contributed by atoms with Crippen LogP contribution in [-0.4, -0.2) is 46.9 Å². The van der Waals surface area contributed by atoms with Gasteiger partial charge in [-0.3, -0.25) is 4.90 Å². The van der Waals surface area contributed by atoms with Crippen molar-refractivity contribution < 1.29 is 9.84 Å². The fraction of sp³-hybridized carbons (Fsp3) is 1.00. The van der Waals surface area contributed by atoms with E-state index < -0.39 is 0 Å². The third-order valence-electron chi connectivity index (χ3n) is 4.04. The maximum atomic E-state index is 9.59. The molecule has 0 saturated carbocycles. The summed E-state index contributed by atoms with van der Waals surface area (Å²) in [4.78, 5) is 2.50. The molecule has 3 nitrogen and oxygen atoms in total. The van der Waals surface area contributed by atoms with Crippen LogP contribution in [0.5, 0.6) is 0 Å². The van der Waals surface area contributed by atoms with Gasteiger partial charge in [0.2, 0.25) is 0 Å². The average Bonchev–Trinajstić information content (AvgIpc) is 2.71. The lowest BCUT2D eigenvalue weighted by molar-refractivity contribution is -0.0384. The molecule has 0 unspecified atom stereocenters. The van der Waals surface area contributed by atoms with Gasteiger partial charge in [-0.1, -0.05) is 0 Å². The van der Waals surface area contributed by atoms with Gasteiger partial charge in [0, 0.05) is 11.6 Å². The monoisotopic (exact) mass is 227 g/mol. The molecule has 2 rings (SSSR count). The molecule has 2 aliphatic rings. The van der Waals surface area contributed by atoms with Gasteiger partial charge in [-0.15, -0.1) is 0 Å². The van der Waals surface area contributed by atoms with Crippen LogP contribution in [0.3, 0.4) is 0 Å². The van der Waals surface area contributed by atoms with Crippen LogP contribution in [0.4, 0.5) is 0 Å². The number of nitrogens with zero attached hydrogens (tertiary/aromatic N) is 1. The standard InChI is InChI=1S/C13H25NO2/c1-12(2,3)16-9-11-5-7-13(10-15)6-4-8-14(11)13/h11,15H,4-10H2,1-3H3/t11-,13-/m0/s1. The quantitative estimate of drug-likeness (QED) is 0.798. The zero-order valence-electron chi connectivity index (χ0n) is 10.8. The Hall–Kier alpha value is -0.120. The van der Waals surface area contributed by atoms with E-state index in [-0.39, 0.29) is 11.1 Å². The Morgan fingerprint density at radius 2 is 2.12 bits per heavy atom. The van der Waals surface area contributed by atoms with E-state index in [1.165, 1.54) is 12.8 Å². The molecule has 0 aromatic carbocycles. The van der Waals surface area contributed by atoms with Gasteiger partial charge in [0.1, 0.15) is 0 Å². The van der Waals surface area contributed by atoms with Gasteiger partial charge in [-0.05, 0) is 53.0 Å². The van der Waals surface area contributed by atoms with E-state index in [4.69, 9.17) is 4.74 Å². The van der Waals surface area contributed by atoms with Crippen molar-refractivity contribution in [3.8, 4) is 0 Å². The largest absolute Gasteiger partial charge is 0.394 e. The second kappa shape index (κ2) is 4.28. The Balaban J connectivity index is 1.94. The zero-order valence-corrected chi connectivity index (χ0v) is 10.8. The summed E-state index contributed by atoms with van der Waals surface area (Å²) in [6.07, 6.45) is 4.71. The van der Waals surface area contributed by atoms with Crippen LogP contribution < -0.4 is 0 Å². The predicted octanol–water partition coefficient (Wildman–Crippen LogP) is 1.79. The van der Waals surface area contributed by atoms with Crippen molar-refractivity contribution >= 4 is 0 Å². The Morgan fingerprint density at radius 3 is 2.75 bits per heavy atom. The van der Waals surface area contributed by atoms with Crippen LogP contribution in [0.25, 0.3) is 0 Å². The molecule has 16 heavy (non-hydrogen) atoms. The van der Waals surface area contributed by atoms with Crippen molar-refractivity contribution in [2.24, 2.45) is 0 Å². The van der Waals surface area contributed by atoms with Crippen LogP contribution in [0.2, 0.25) is 0 Å². The minimum atomic E-state index is -0.0514. The molecule has 2 heterocycles. The fourth-order valence-electron chi connectivity index (χ4n) is 3.16. The molecule has 0 aromatic heterocycles. The number of aliphatic hydroxyl groups excluding tert-OH is 1. The maximum Gasteiger partial charge on any atom is 0.0629 e. The van der Waals surface area contributed by atoms with E-state index in [0.717, 1.165) is 26.0 Å². The Kier molecular flexibility index (Phi) is 3.30. The first kappa shape index (κ1) is 12.3. The van der Waals surface area contributed by atoms with E-state index in [9.17, 15) is 5.11 Å². The smallest absolute Gasteiger partial charge is 0.0629 e. The Morgan fingerprint density at radius 1 is 1.38 bits per heavy atom. The summed E-state index contributed by atoms with van der Waals surface area (Å²) in [5, 5.41) is 9.59. The summed E-state index contributed by atoms with van der Waals surface area (Å²) in [6.45, 7) is 8.57. The highest BCUT2D eigenvalue weighted by Crippen LogP contribution is 2.42. The molecule has 0 aliphatic carbocycles. The molecule has 2 fully saturated rings. The van der Waals surface area contributed by atoms with Crippen LogP contribution >= 0.6 is 0 Å². The second-order valence-electron chi connectivity index (χ2n) is 6.30. The SMILES string of the molecule is CC(C)(C)OC[C@@H]1CC[C@]2(CO)CCCN12. The highest BCUT2D eigenvalue weighted by atomic mass is 16.5. The molecule has 3 heteroatoms. The number of hydrogen-bond acceptors (Lipinski definition) is 3. The predicted molar refractivity (Wildman–Crippen MR) is 64.5 cm³/mol.